The molecule has 0 aliphatic carbocycles. The summed E-state index contributed by atoms with van der Waals surface area (Å²) in [6.45, 7) is 0.162. The summed E-state index contributed by atoms with van der Waals surface area (Å²) >= 11 is 6.08. The van der Waals surface area contributed by atoms with Gasteiger partial charge in [-0.2, -0.15) is 5.10 Å². The smallest absolute Gasteiger partial charge is 0.291 e. The van der Waals surface area contributed by atoms with Crippen LogP contribution in [-0.2, 0) is 0 Å². The van der Waals surface area contributed by atoms with E-state index in [0.29, 0.717) is 22.1 Å². The first kappa shape index (κ1) is 13.3. The first-order valence-corrected chi connectivity index (χ1v) is 6.30. The van der Waals surface area contributed by atoms with E-state index < -0.39 is 5.91 Å². The van der Waals surface area contributed by atoms with Crippen molar-refractivity contribution >= 4 is 23.7 Å². The Morgan fingerprint density at radius 1 is 1.33 bits per heavy atom. The number of amides is 1. The van der Waals surface area contributed by atoms with Crippen LogP contribution in [0.4, 0.5) is 0 Å². The fraction of sp³-hybridized carbons (Fsp3) is 0.0769. The Morgan fingerprint density at radius 2 is 2.14 bits per heavy atom. The van der Waals surface area contributed by atoms with Crippen molar-refractivity contribution in [2.45, 2.75) is 0 Å². The lowest BCUT2D eigenvalue weighted by Gasteiger charge is -2.01. The number of hydrogen-bond acceptors (Lipinski definition) is 6. The van der Waals surface area contributed by atoms with Gasteiger partial charge in [0.15, 0.2) is 11.5 Å². The van der Waals surface area contributed by atoms with Crippen LogP contribution in [0.1, 0.15) is 16.1 Å². The van der Waals surface area contributed by atoms with E-state index in [0.717, 1.165) is 0 Å². The number of halogens is 1. The Balaban J connectivity index is 1.71. The van der Waals surface area contributed by atoms with Gasteiger partial charge in [0, 0.05) is 24.0 Å². The Hall–Kier alpha value is -2.67. The average molecular weight is 305 g/mol. The Morgan fingerprint density at radius 3 is 2.90 bits per heavy atom. The van der Waals surface area contributed by atoms with Crippen LogP contribution in [0.3, 0.4) is 0 Å². The summed E-state index contributed by atoms with van der Waals surface area (Å²) in [5, 5.41) is 4.27. The quantitative estimate of drug-likeness (QED) is 0.688. The standard InChI is InChI=1S/C13H9ClN4O3/c14-9-4-12-11(20-7-21-12)3-8(9)5-17-18-13(19)10-6-15-1-2-16-10/h1-6H,7H2,(H,18,19)/b17-5+. The molecule has 2 aromatic rings. The zero-order valence-electron chi connectivity index (χ0n) is 10.6. The van der Waals surface area contributed by atoms with Gasteiger partial charge in [0.2, 0.25) is 6.79 Å². The van der Waals surface area contributed by atoms with E-state index in [9.17, 15) is 4.79 Å². The predicted octanol–water partition coefficient (Wildman–Crippen LogP) is 1.62. The van der Waals surface area contributed by atoms with Gasteiger partial charge >= 0.3 is 0 Å². The summed E-state index contributed by atoms with van der Waals surface area (Å²) in [5.41, 5.74) is 3.11. The molecule has 21 heavy (non-hydrogen) atoms. The molecule has 3 rings (SSSR count). The van der Waals surface area contributed by atoms with Crippen molar-refractivity contribution in [1.29, 1.82) is 0 Å². The molecular formula is C13H9ClN4O3. The third-order valence-electron chi connectivity index (χ3n) is 2.66. The summed E-state index contributed by atoms with van der Waals surface area (Å²) in [4.78, 5) is 19.4. The van der Waals surface area contributed by atoms with Crippen LogP contribution in [0.5, 0.6) is 11.5 Å². The van der Waals surface area contributed by atoms with E-state index in [1.54, 1.807) is 12.1 Å². The molecule has 7 nitrogen and oxygen atoms in total. The van der Waals surface area contributed by atoms with Gasteiger partial charge in [-0.1, -0.05) is 11.6 Å². The summed E-state index contributed by atoms with van der Waals surface area (Å²) in [5.74, 6) is 0.707. The van der Waals surface area contributed by atoms with Gasteiger partial charge in [-0.25, -0.2) is 10.4 Å². The molecule has 0 unspecified atom stereocenters. The SMILES string of the molecule is O=C(N/N=C/c1cc2c(cc1Cl)OCO2)c1cnccn1. The molecular weight excluding hydrogens is 296 g/mol. The Kier molecular flexibility index (Phi) is 3.65. The fourth-order valence-corrected chi connectivity index (χ4v) is 1.87. The molecule has 106 valence electrons. The molecule has 0 radical (unpaired) electrons. The summed E-state index contributed by atoms with van der Waals surface area (Å²) < 4.78 is 10.4. The molecule has 0 saturated carbocycles. The lowest BCUT2D eigenvalue weighted by Crippen LogP contribution is -2.19. The minimum Gasteiger partial charge on any atom is -0.454 e. The van der Waals surface area contributed by atoms with Crippen molar-refractivity contribution in [1.82, 2.24) is 15.4 Å². The van der Waals surface area contributed by atoms with Gasteiger partial charge in [0.1, 0.15) is 5.69 Å². The molecule has 8 heteroatoms. The highest BCUT2D eigenvalue weighted by atomic mass is 35.5. The minimum atomic E-state index is -0.462. The maximum absolute atomic E-state index is 11.7. The first-order valence-electron chi connectivity index (χ1n) is 5.92. The fourth-order valence-electron chi connectivity index (χ4n) is 1.67. The van der Waals surface area contributed by atoms with Crippen LogP contribution in [0.25, 0.3) is 0 Å². The van der Waals surface area contributed by atoms with Crippen LogP contribution >= 0.6 is 11.6 Å². The molecule has 1 aromatic carbocycles. The number of nitrogens with one attached hydrogen (secondary N) is 1. The molecule has 1 amide bonds. The molecule has 0 fully saturated rings. The van der Waals surface area contributed by atoms with E-state index in [1.165, 1.54) is 24.8 Å². The van der Waals surface area contributed by atoms with Crippen LogP contribution in [0, 0.1) is 0 Å². The summed E-state index contributed by atoms with van der Waals surface area (Å²) in [6, 6.07) is 3.32. The highest BCUT2D eigenvalue weighted by molar-refractivity contribution is 6.33. The molecule has 0 saturated heterocycles. The van der Waals surface area contributed by atoms with E-state index in [2.05, 4.69) is 20.5 Å². The van der Waals surface area contributed by atoms with Crippen molar-refractivity contribution in [3.05, 3.63) is 47.0 Å². The number of carbonyl (C=O) groups excluding carboxylic acids is 1. The average Bonchev–Trinajstić information content (AvgIpc) is 2.95. The van der Waals surface area contributed by atoms with Crippen molar-refractivity contribution in [3.63, 3.8) is 0 Å². The van der Waals surface area contributed by atoms with E-state index >= 15 is 0 Å². The van der Waals surface area contributed by atoms with Crippen molar-refractivity contribution in [2.24, 2.45) is 5.10 Å². The largest absolute Gasteiger partial charge is 0.454 e. The normalized spacial score (nSPS) is 12.6. The van der Waals surface area contributed by atoms with Gasteiger partial charge in [-0.3, -0.25) is 9.78 Å². The number of hydrogen-bond donors (Lipinski definition) is 1. The predicted molar refractivity (Wildman–Crippen MR) is 74.7 cm³/mol. The molecule has 0 atom stereocenters. The van der Waals surface area contributed by atoms with Gasteiger partial charge in [-0.05, 0) is 6.07 Å². The van der Waals surface area contributed by atoms with Gasteiger partial charge in [0.25, 0.3) is 5.91 Å². The van der Waals surface area contributed by atoms with E-state index in [-0.39, 0.29) is 12.5 Å². The zero-order chi connectivity index (χ0) is 14.7. The number of nitrogens with zero attached hydrogens (tertiary/aromatic N) is 3. The second-order valence-electron chi connectivity index (χ2n) is 4.02. The molecule has 1 aliphatic heterocycles. The summed E-state index contributed by atoms with van der Waals surface area (Å²) in [7, 11) is 0. The van der Waals surface area contributed by atoms with Gasteiger partial charge in [0.05, 0.1) is 17.4 Å². The number of ether oxygens (including phenoxy) is 2. The topological polar surface area (TPSA) is 85.7 Å². The van der Waals surface area contributed by atoms with Crippen molar-refractivity contribution in [3.8, 4) is 11.5 Å². The lowest BCUT2D eigenvalue weighted by atomic mass is 10.2. The third-order valence-corrected chi connectivity index (χ3v) is 2.98. The number of rotatable bonds is 3. The summed E-state index contributed by atoms with van der Waals surface area (Å²) in [6.07, 6.45) is 5.66. The number of aromatic nitrogens is 2. The Labute approximate surface area is 124 Å². The van der Waals surface area contributed by atoms with Gasteiger partial charge < -0.3 is 9.47 Å². The van der Waals surface area contributed by atoms with Crippen molar-refractivity contribution < 1.29 is 14.3 Å². The number of carbonyl (C=O) groups is 1. The first-order chi connectivity index (χ1) is 10.2. The lowest BCUT2D eigenvalue weighted by molar-refractivity contribution is 0.0949. The zero-order valence-corrected chi connectivity index (χ0v) is 11.4. The molecule has 0 spiro atoms. The monoisotopic (exact) mass is 304 g/mol. The third kappa shape index (κ3) is 2.92. The molecule has 1 aliphatic rings. The highest BCUT2D eigenvalue weighted by Crippen LogP contribution is 2.36. The number of benzene rings is 1. The van der Waals surface area contributed by atoms with Crippen LogP contribution in [0.15, 0.2) is 35.8 Å². The minimum absolute atomic E-state index is 0.162. The van der Waals surface area contributed by atoms with E-state index in [1.807, 2.05) is 0 Å². The molecule has 1 N–H and O–H groups in total. The molecule has 2 heterocycles. The molecule has 0 bridgehead atoms. The van der Waals surface area contributed by atoms with Crippen LogP contribution in [-0.4, -0.2) is 28.9 Å². The number of fused-ring (bicyclic) bond motifs is 1. The second-order valence-corrected chi connectivity index (χ2v) is 4.42. The Bertz CT molecular complexity index is 706. The van der Waals surface area contributed by atoms with Crippen LogP contribution in [0.2, 0.25) is 5.02 Å². The maximum Gasteiger partial charge on any atom is 0.291 e. The van der Waals surface area contributed by atoms with E-state index in [4.69, 9.17) is 21.1 Å². The maximum atomic E-state index is 11.7. The molecule has 1 aromatic heterocycles. The number of hydrazone groups is 1. The van der Waals surface area contributed by atoms with Gasteiger partial charge in [-0.15, -0.1) is 0 Å². The highest BCUT2D eigenvalue weighted by Gasteiger charge is 2.15. The van der Waals surface area contributed by atoms with Crippen molar-refractivity contribution in [2.75, 3.05) is 6.79 Å². The second kappa shape index (κ2) is 5.76. The van der Waals surface area contributed by atoms with Crippen LogP contribution < -0.4 is 14.9 Å².